The Morgan fingerprint density at radius 3 is 2.54 bits per heavy atom. The number of ether oxygens (including phenoxy) is 2. The molecule has 0 spiro atoms. The molecule has 2 atom stereocenters. The number of amides is 2. The molecule has 6 nitrogen and oxygen atoms in total. The lowest BCUT2D eigenvalue weighted by molar-refractivity contribution is -0.119. The summed E-state index contributed by atoms with van der Waals surface area (Å²) in [5, 5.41) is 0. The number of primary amides is 1. The number of nitrogens with zero attached hydrogens (tertiary/aromatic N) is 1. The first-order valence-electron chi connectivity index (χ1n) is 8.54. The lowest BCUT2D eigenvalue weighted by atomic mass is 10.1. The van der Waals surface area contributed by atoms with Crippen molar-refractivity contribution in [2.24, 2.45) is 5.73 Å². The summed E-state index contributed by atoms with van der Waals surface area (Å²) in [5.74, 6) is -0.385. The molecule has 3 rings (SSSR count). The zero-order valence-electron chi connectivity index (χ0n) is 14.6. The minimum absolute atomic E-state index is 0.0865. The van der Waals surface area contributed by atoms with Crippen molar-refractivity contribution in [3.63, 3.8) is 0 Å². The van der Waals surface area contributed by atoms with Crippen LogP contribution in [0.3, 0.4) is 0 Å². The average molecular weight is 354 g/mol. The number of morpholine rings is 1. The van der Waals surface area contributed by atoms with Crippen LogP contribution < -0.4 is 10.5 Å². The second kappa shape index (κ2) is 8.01. The molecule has 1 aliphatic rings. The third-order valence-electron chi connectivity index (χ3n) is 4.21. The Bertz CT molecular complexity index is 778. The number of rotatable bonds is 5. The zero-order chi connectivity index (χ0) is 18.5. The highest BCUT2D eigenvalue weighted by molar-refractivity contribution is 5.97. The van der Waals surface area contributed by atoms with Crippen molar-refractivity contribution >= 4 is 11.8 Å². The van der Waals surface area contributed by atoms with Crippen LogP contribution in [-0.2, 0) is 9.53 Å². The van der Waals surface area contributed by atoms with Crippen molar-refractivity contribution in [3.8, 4) is 5.75 Å². The van der Waals surface area contributed by atoms with E-state index in [-0.39, 0.29) is 24.7 Å². The van der Waals surface area contributed by atoms with Gasteiger partial charge in [0.1, 0.15) is 11.9 Å². The lowest BCUT2D eigenvalue weighted by Crippen LogP contribution is -2.46. The molecule has 6 heteroatoms. The summed E-state index contributed by atoms with van der Waals surface area (Å²) < 4.78 is 11.4. The fraction of sp³-hybridized carbons (Fsp3) is 0.300. The first-order valence-corrected chi connectivity index (χ1v) is 8.54. The molecule has 0 radical (unpaired) electrons. The van der Waals surface area contributed by atoms with Crippen LogP contribution >= 0.6 is 0 Å². The topological polar surface area (TPSA) is 81.9 Å². The number of hydrogen-bond acceptors (Lipinski definition) is 4. The molecule has 1 fully saturated rings. The Hall–Kier alpha value is -2.86. The van der Waals surface area contributed by atoms with Gasteiger partial charge >= 0.3 is 0 Å². The molecule has 0 saturated carbocycles. The molecular formula is C20H22N2O4. The Morgan fingerprint density at radius 2 is 1.81 bits per heavy atom. The van der Waals surface area contributed by atoms with E-state index in [0.29, 0.717) is 24.4 Å². The standard InChI is InChI=1S/C20H22N2O4/c1-14-11-22(12-18(26-14)15-7-3-2-4-8-15)20(24)16-9-5-6-10-17(16)25-13-19(21)23/h2-10,14,18H,11-13H2,1H3,(H2,21,23)/t14-,18+/m1/s1. The van der Waals surface area contributed by atoms with E-state index >= 15 is 0 Å². The maximum Gasteiger partial charge on any atom is 0.257 e. The molecule has 0 unspecified atom stereocenters. The number of carbonyl (C=O) groups is 2. The van der Waals surface area contributed by atoms with Gasteiger partial charge in [0.05, 0.1) is 18.2 Å². The smallest absolute Gasteiger partial charge is 0.257 e. The van der Waals surface area contributed by atoms with E-state index in [1.165, 1.54) is 0 Å². The third kappa shape index (κ3) is 4.21. The predicted octanol–water partition coefficient (Wildman–Crippen LogP) is 2.15. The molecule has 2 N–H and O–H groups in total. The van der Waals surface area contributed by atoms with Gasteiger partial charge < -0.3 is 20.1 Å². The molecule has 0 bridgehead atoms. The summed E-state index contributed by atoms with van der Waals surface area (Å²) in [6.07, 6.45) is -0.265. The van der Waals surface area contributed by atoms with E-state index in [1.54, 1.807) is 29.2 Å². The predicted molar refractivity (Wildman–Crippen MR) is 96.8 cm³/mol. The summed E-state index contributed by atoms with van der Waals surface area (Å²) in [7, 11) is 0. The number of nitrogens with two attached hydrogens (primary N) is 1. The quantitative estimate of drug-likeness (QED) is 0.892. The summed E-state index contributed by atoms with van der Waals surface area (Å²) in [6.45, 7) is 2.63. The molecule has 0 aromatic heterocycles. The van der Waals surface area contributed by atoms with E-state index in [1.807, 2.05) is 37.3 Å². The van der Waals surface area contributed by atoms with Crippen molar-refractivity contribution in [2.45, 2.75) is 19.1 Å². The summed E-state index contributed by atoms with van der Waals surface area (Å²) in [4.78, 5) is 25.8. The molecule has 2 aromatic carbocycles. The maximum atomic E-state index is 13.1. The molecule has 2 amide bonds. The van der Waals surface area contributed by atoms with Gasteiger partial charge in [-0.05, 0) is 24.6 Å². The van der Waals surface area contributed by atoms with Crippen molar-refractivity contribution < 1.29 is 19.1 Å². The fourth-order valence-corrected chi connectivity index (χ4v) is 3.06. The third-order valence-corrected chi connectivity index (χ3v) is 4.21. The van der Waals surface area contributed by atoms with Crippen molar-refractivity contribution in [3.05, 3.63) is 65.7 Å². The lowest BCUT2D eigenvalue weighted by Gasteiger charge is -2.37. The summed E-state index contributed by atoms with van der Waals surface area (Å²) in [5.41, 5.74) is 6.58. The van der Waals surface area contributed by atoms with Crippen LogP contribution in [0.4, 0.5) is 0 Å². The van der Waals surface area contributed by atoms with Crippen LogP contribution in [0, 0.1) is 0 Å². The van der Waals surface area contributed by atoms with Crippen molar-refractivity contribution in [1.29, 1.82) is 0 Å². The minimum Gasteiger partial charge on any atom is -0.483 e. The molecular weight excluding hydrogens is 332 g/mol. The molecule has 1 aliphatic heterocycles. The van der Waals surface area contributed by atoms with Gasteiger partial charge in [0.2, 0.25) is 0 Å². The number of carbonyl (C=O) groups excluding carboxylic acids is 2. The first-order chi connectivity index (χ1) is 12.5. The monoisotopic (exact) mass is 354 g/mol. The van der Waals surface area contributed by atoms with E-state index in [2.05, 4.69) is 0 Å². The number of benzene rings is 2. The minimum atomic E-state index is -0.587. The van der Waals surface area contributed by atoms with Gasteiger partial charge in [0.25, 0.3) is 11.8 Å². The highest BCUT2D eigenvalue weighted by Gasteiger charge is 2.31. The first kappa shape index (κ1) is 17.9. The second-order valence-corrected chi connectivity index (χ2v) is 6.31. The Labute approximate surface area is 152 Å². The van der Waals surface area contributed by atoms with E-state index in [4.69, 9.17) is 15.2 Å². The van der Waals surface area contributed by atoms with Crippen LogP contribution in [-0.4, -0.2) is 42.5 Å². The van der Waals surface area contributed by atoms with Crippen LogP contribution in [0.2, 0.25) is 0 Å². The van der Waals surface area contributed by atoms with E-state index in [0.717, 1.165) is 5.56 Å². The van der Waals surface area contributed by atoms with Gasteiger partial charge in [0, 0.05) is 6.54 Å². The maximum absolute atomic E-state index is 13.1. The molecule has 26 heavy (non-hydrogen) atoms. The Kier molecular flexibility index (Phi) is 5.53. The molecule has 1 heterocycles. The van der Waals surface area contributed by atoms with E-state index < -0.39 is 5.91 Å². The van der Waals surface area contributed by atoms with Crippen LogP contribution in [0.1, 0.15) is 28.9 Å². The van der Waals surface area contributed by atoms with Crippen LogP contribution in [0.15, 0.2) is 54.6 Å². The molecule has 0 aliphatic carbocycles. The number of hydrogen-bond donors (Lipinski definition) is 1. The summed E-state index contributed by atoms with van der Waals surface area (Å²) >= 11 is 0. The van der Waals surface area contributed by atoms with Crippen molar-refractivity contribution in [2.75, 3.05) is 19.7 Å². The Morgan fingerprint density at radius 1 is 1.12 bits per heavy atom. The van der Waals surface area contributed by atoms with Crippen LogP contribution in [0.25, 0.3) is 0 Å². The van der Waals surface area contributed by atoms with Crippen LogP contribution in [0.5, 0.6) is 5.75 Å². The van der Waals surface area contributed by atoms with Gasteiger partial charge in [-0.15, -0.1) is 0 Å². The largest absolute Gasteiger partial charge is 0.483 e. The van der Waals surface area contributed by atoms with Gasteiger partial charge in [-0.3, -0.25) is 9.59 Å². The van der Waals surface area contributed by atoms with E-state index in [9.17, 15) is 9.59 Å². The number of para-hydroxylation sites is 1. The van der Waals surface area contributed by atoms with Gasteiger partial charge in [-0.2, -0.15) is 0 Å². The normalized spacial score (nSPS) is 19.8. The SMILES string of the molecule is C[C@@H]1CN(C(=O)c2ccccc2OCC(N)=O)C[C@@H](c2ccccc2)O1. The zero-order valence-corrected chi connectivity index (χ0v) is 14.6. The molecule has 2 aromatic rings. The summed E-state index contributed by atoms with van der Waals surface area (Å²) in [6, 6.07) is 16.7. The highest BCUT2D eigenvalue weighted by atomic mass is 16.5. The average Bonchev–Trinajstić information content (AvgIpc) is 2.66. The van der Waals surface area contributed by atoms with Gasteiger partial charge in [0.15, 0.2) is 6.61 Å². The van der Waals surface area contributed by atoms with Gasteiger partial charge in [-0.1, -0.05) is 42.5 Å². The highest BCUT2D eigenvalue weighted by Crippen LogP contribution is 2.28. The van der Waals surface area contributed by atoms with Gasteiger partial charge in [-0.25, -0.2) is 0 Å². The molecule has 136 valence electrons. The molecule has 1 saturated heterocycles. The van der Waals surface area contributed by atoms with Crippen molar-refractivity contribution in [1.82, 2.24) is 4.90 Å². The Balaban J connectivity index is 1.80. The second-order valence-electron chi connectivity index (χ2n) is 6.31. The fourth-order valence-electron chi connectivity index (χ4n) is 3.06.